The number of amides is 1. The Morgan fingerprint density at radius 2 is 2.19 bits per heavy atom. The van der Waals surface area contributed by atoms with Crippen molar-refractivity contribution in [1.82, 2.24) is 10.3 Å². The van der Waals surface area contributed by atoms with Gasteiger partial charge in [-0.1, -0.05) is 22.9 Å². The molecule has 1 amide bonds. The van der Waals surface area contributed by atoms with E-state index in [0.717, 1.165) is 6.42 Å². The summed E-state index contributed by atoms with van der Waals surface area (Å²) in [4.78, 5) is 25.3. The molecule has 0 spiro atoms. The standard InChI is InChI=1S/C11H15BrN2O2/c1-7(12)5-8(2)14-11(16)9-3-4-10(15)13-6-9/h3-4,6-8H,5H2,1-2H3,(H,13,15)(H,14,16). The van der Waals surface area contributed by atoms with E-state index >= 15 is 0 Å². The van der Waals surface area contributed by atoms with Crippen LogP contribution in [0, 0.1) is 0 Å². The lowest BCUT2D eigenvalue weighted by atomic mass is 10.2. The van der Waals surface area contributed by atoms with Crippen molar-refractivity contribution in [2.24, 2.45) is 0 Å². The molecular weight excluding hydrogens is 272 g/mol. The molecule has 16 heavy (non-hydrogen) atoms. The van der Waals surface area contributed by atoms with E-state index in [-0.39, 0.29) is 17.5 Å². The summed E-state index contributed by atoms with van der Waals surface area (Å²) in [6, 6.07) is 2.94. The highest BCUT2D eigenvalue weighted by Crippen LogP contribution is 2.07. The minimum Gasteiger partial charge on any atom is -0.349 e. The van der Waals surface area contributed by atoms with E-state index in [1.165, 1.54) is 18.3 Å². The molecule has 2 N–H and O–H groups in total. The number of H-pyrrole nitrogens is 1. The molecule has 1 aromatic rings. The van der Waals surface area contributed by atoms with Crippen molar-refractivity contribution in [3.8, 4) is 0 Å². The summed E-state index contributed by atoms with van der Waals surface area (Å²) >= 11 is 3.43. The SMILES string of the molecule is CC(Br)CC(C)NC(=O)c1ccc(=O)[nH]c1. The van der Waals surface area contributed by atoms with Gasteiger partial charge in [0, 0.05) is 23.1 Å². The number of rotatable bonds is 4. The van der Waals surface area contributed by atoms with E-state index in [2.05, 4.69) is 26.2 Å². The van der Waals surface area contributed by atoms with E-state index in [9.17, 15) is 9.59 Å². The second-order valence-electron chi connectivity index (χ2n) is 3.83. The van der Waals surface area contributed by atoms with E-state index in [0.29, 0.717) is 10.4 Å². The normalized spacial score (nSPS) is 14.2. The van der Waals surface area contributed by atoms with E-state index in [4.69, 9.17) is 0 Å². The number of hydrogen-bond donors (Lipinski definition) is 2. The maximum absolute atomic E-state index is 11.7. The number of carbonyl (C=O) groups excluding carboxylic acids is 1. The molecule has 0 saturated heterocycles. The largest absolute Gasteiger partial charge is 0.349 e. The fraction of sp³-hybridized carbons (Fsp3) is 0.455. The molecule has 4 nitrogen and oxygen atoms in total. The summed E-state index contributed by atoms with van der Waals surface area (Å²) in [5.41, 5.74) is 0.257. The first-order valence-electron chi connectivity index (χ1n) is 5.12. The maximum Gasteiger partial charge on any atom is 0.252 e. The van der Waals surface area contributed by atoms with Gasteiger partial charge in [0.15, 0.2) is 0 Å². The Hall–Kier alpha value is -1.10. The van der Waals surface area contributed by atoms with Crippen LogP contribution < -0.4 is 10.9 Å². The molecule has 88 valence electrons. The summed E-state index contributed by atoms with van der Waals surface area (Å²) in [7, 11) is 0. The molecule has 0 aliphatic carbocycles. The Bertz CT molecular complexity index is 394. The van der Waals surface area contributed by atoms with Crippen molar-refractivity contribution in [2.75, 3.05) is 0 Å². The van der Waals surface area contributed by atoms with Crippen LogP contribution in [0.15, 0.2) is 23.1 Å². The predicted octanol–water partition coefficient (Wildman–Crippen LogP) is 1.67. The molecule has 1 heterocycles. The molecule has 2 atom stereocenters. The molecule has 5 heteroatoms. The number of hydrogen-bond acceptors (Lipinski definition) is 2. The molecule has 0 saturated carbocycles. The third-order valence-corrected chi connectivity index (χ3v) is 2.48. The molecule has 0 aliphatic heterocycles. The van der Waals surface area contributed by atoms with E-state index < -0.39 is 0 Å². The number of nitrogens with one attached hydrogen (secondary N) is 2. The zero-order chi connectivity index (χ0) is 12.1. The third-order valence-electron chi connectivity index (χ3n) is 2.10. The number of carbonyl (C=O) groups is 1. The molecule has 0 fully saturated rings. The van der Waals surface area contributed by atoms with Crippen molar-refractivity contribution in [2.45, 2.75) is 31.1 Å². The fourth-order valence-electron chi connectivity index (χ4n) is 1.41. The first-order valence-corrected chi connectivity index (χ1v) is 6.04. The Labute approximate surface area is 103 Å². The second kappa shape index (κ2) is 5.84. The molecule has 0 aliphatic rings. The van der Waals surface area contributed by atoms with Crippen molar-refractivity contribution >= 4 is 21.8 Å². The van der Waals surface area contributed by atoms with Gasteiger partial charge in [0.05, 0.1) is 5.56 Å². The van der Waals surface area contributed by atoms with Crippen LogP contribution >= 0.6 is 15.9 Å². The molecule has 1 aromatic heterocycles. The van der Waals surface area contributed by atoms with E-state index in [1.54, 1.807) is 0 Å². The predicted molar refractivity (Wildman–Crippen MR) is 67.0 cm³/mol. The first-order chi connectivity index (χ1) is 7.49. The van der Waals surface area contributed by atoms with Gasteiger partial charge in [-0.05, 0) is 19.4 Å². The van der Waals surface area contributed by atoms with Gasteiger partial charge in [0.25, 0.3) is 5.91 Å². The zero-order valence-corrected chi connectivity index (χ0v) is 10.9. The van der Waals surface area contributed by atoms with Crippen molar-refractivity contribution in [1.29, 1.82) is 0 Å². The summed E-state index contributed by atoms with van der Waals surface area (Å²) < 4.78 is 0. The Morgan fingerprint density at radius 1 is 1.50 bits per heavy atom. The van der Waals surface area contributed by atoms with Crippen LogP contribution in [0.4, 0.5) is 0 Å². The number of pyridine rings is 1. The number of aromatic nitrogens is 1. The van der Waals surface area contributed by atoms with Crippen molar-refractivity contribution in [3.05, 3.63) is 34.2 Å². The van der Waals surface area contributed by atoms with Gasteiger partial charge in [-0.2, -0.15) is 0 Å². The minimum absolute atomic E-state index is 0.0915. The second-order valence-corrected chi connectivity index (χ2v) is 5.40. The average Bonchev–Trinajstić information content (AvgIpc) is 2.16. The van der Waals surface area contributed by atoms with Crippen LogP contribution in [-0.2, 0) is 0 Å². The Balaban J connectivity index is 2.58. The molecule has 1 rings (SSSR count). The maximum atomic E-state index is 11.7. The van der Waals surface area contributed by atoms with Crippen molar-refractivity contribution in [3.63, 3.8) is 0 Å². The van der Waals surface area contributed by atoms with Gasteiger partial charge in [-0.3, -0.25) is 9.59 Å². The smallest absolute Gasteiger partial charge is 0.252 e. The van der Waals surface area contributed by atoms with Crippen LogP contribution in [0.2, 0.25) is 0 Å². The minimum atomic E-state index is -0.210. The number of aromatic amines is 1. The van der Waals surface area contributed by atoms with E-state index in [1.807, 2.05) is 13.8 Å². The highest BCUT2D eigenvalue weighted by atomic mass is 79.9. The quantitative estimate of drug-likeness (QED) is 0.827. The van der Waals surface area contributed by atoms with Crippen LogP contribution in [0.3, 0.4) is 0 Å². The summed E-state index contributed by atoms with van der Waals surface area (Å²) in [6.07, 6.45) is 2.27. The van der Waals surface area contributed by atoms with Gasteiger partial charge in [0.2, 0.25) is 5.56 Å². The molecule has 0 radical (unpaired) electrons. The fourth-order valence-corrected chi connectivity index (χ4v) is 1.97. The van der Waals surface area contributed by atoms with Crippen LogP contribution in [-0.4, -0.2) is 21.8 Å². The lowest BCUT2D eigenvalue weighted by Crippen LogP contribution is -2.34. The highest BCUT2D eigenvalue weighted by Gasteiger charge is 2.11. The zero-order valence-electron chi connectivity index (χ0n) is 9.29. The van der Waals surface area contributed by atoms with Crippen LogP contribution in [0.1, 0.15) is 30.6 Å². The third kappa shape index (κ3) is 4.18. The topological polar surface area (TPSA) is 62.0 Å². The molecule has 0 bridgehead atoms. The first kappa shape index (κ1) is 13.0. The summed E-state index contributed by atoms with van der Waals surface area (Å²) in [6.45, 7) is 3.98. The average molecular weight is 287 g/mol. The van der Waals surface area contributed by atoms with Gasteiger partial charge in [-0.25, -0.2) is 0 Å². The lowest BCUT2D eigenvalue weighted by molar-refractivity contribution is 0.0938. The Kier molecular flexibility index (Phi) is 4.73. The van der Waals surface area contributed by atoms with Gasteiger partial charge < -0.3 is 10.3 Å². The number of alkyl halides is 1. The van der Waals surface area contributed by atoms with Crippen molar-refractivity contribution < 1.29 is 4.79 Å². The van der Waals surface area contributed by atoms with Gasteiger partial charge in [-0.15, -0.1) is 0 Å². The van der Waals surface area contributed by atoms with Crippen LogP contribution in [0.5, 0.6) is 0 Å². The number of halogens is 1. The summed E-state index contributed by atoms with van der Waals surface area (Å²) in [5, 5.41) is 2.86. The molecule has 2 unspecified atom stereocenters. The summed E-state index contributed by atoms with van der Waals surface area (Å²) in [5.74, 6) is -0.170. The van der Waals surface area contributed by atoms with Gasteiger partial charge >= 0.3 is 0 Å². The molecular formula is C11H15BrN2O2. The highest BCUT2D eigenvalue weighted by molar-refractivity contribution is 9.09. The lowest BCUT2D eigenvalue weighted by Gasteiger charge is -2.14. The molecule has 0 aromatic carbocycles. The van der Waals surface area contributed by atoms with Gasteiger partial charge in [0.1, 0.15) is 0 Å². The monoisotopic (exact) mass is 286 g/mol. The van der Waals surface area contributed by atoms with Crippen LogP contribution in [0.25, 0.3) is 0 Å². The Morgan fingerprint density at radius 3 is 2.69 bits per heavy atom.